The van der Waals surface area contributed by atoms with Crippen LogP contribution >= 0.6 is 0 Å². The Bertz CT molecular complexity index is 1020. The van der Waals surface area contributed by atoms with Crippen molar-refractivity contribution in [2.24, 2.45) is 0 Å². The van der Waals surface area contributed by atoms with Crippen molar-refractivity contribution in [3.8, 4) is 17.2 Å². The molecule has 0 radical (unpaired) electrons. The van der Waals surface area contributed by atoms with Crippen LogP contribution in [0.15, 0.2) is 47.0 Å². The second-order valence-electron chi connectivity index (χ2n) is 7.31. The van der Waals surface area contributed by atoms with E-state index in [9.17, 15) is 4.79 Å². The van der Waals surface area contributed by atoms with E-state index in [1.807, 2.05) is 63.2 Å². The maximum Gasteiger partial charge on any atom is 0.231 e. The third kappa shape index (κ3) is 4.40. The summed E-state index contributed by atoms with van der Waals surface area (Å²) < 4.78 is 21.7. The van der Waals surface area contributed by atoms with Gasteiger partial charge in [-0.2, -0.15) is 0 Å². The molecule has 1 aromatic heterocycles. The van der Waals surface area contributed by atoms with Crippen molar-refractivity contribution in [1.82, 2.24) is 10.5 Å². The molecule has 0 spiro atoms. The molecule has 0 bridgehead atoms. The minimum atomic E-state index is -0.135. The largest absolute Gasteiger partial charge is 0.489 e. The van der Waals surface area contributed by atoms with Crippen LogP contribution < -0.4 is 19.5 Å². The molecule has 0 fully saturated rings. The molecule has 0 aliphatic carbocycles. The topological polar surface area (TPSA) is 82.8 Å². The van der Waals surface area contributed by atoms with Gasteiger partial charge in [0.15, 0.2) is 11.5 Å². The zero-order valence-corrected chi connectivity index (χ0v) is 17.2. The van der Waals surface area contributed by atoms with Crippen LogP contribution in [0.25, 0.3) is 0 Å². The molecular weight excluding hydrogens is 384 g/mol. The second kappa shape index (κ2) is 8.49. The molecular formula is C23H24N2O5. The molecule has 1 aliphatic heterocycles. The van der Waals surface area contributed by atoms with E-state index in [1.165, 1.54) is 0 Å². The van der Waals surface area contributed by atoms with Crippen LogP contribution in [0.1, 0.15) is 41.1 Å². The molecule has 0 saturated heterocycles. The van der Waals surface area contributed by atoms with Crippen LogP contribution in [0.3, 0.4) is 0 Å². The molecule has 7 nitrogen and oxygen atoms in total. The normalized spacial score (nSPS) is 13.2. The van der Waals surface area contributed by atoms with Crippen LogP contribution in [0.5, 0.6) is 17.2 Å². The van der Waals surface area contributed by atoms with Crippen LogP contribution in [0.2, 0.25) is 0 Å². The molecule has 30 heavy (non-hydrogen) atoms. The van der Waals surface area contributed by atoms with Crippen molar-refractivity contribution >= 4 is 5.91 Å². The summed E-state index contributed by atoms with van der Waals surface area (Å²) in [5, 5.41) is 6.95. The molecule has 4 rings (SSSR count). The van der Waals surface area contributed by atoms with Gasteiger partial charge in [0.25, 0.3) is 0 Å². The van der Waals surface area contributed by atoms with Gasteiger partial charge >= 0.3 is 0 Å². The summed E-state index contributed by atoms with van der Waals surface area (Å²) in [6.45, 7) is 6.33. The van der Waals surface area contributed by atoms with E-state index in [1.54, 1.807) is 0 Å². The van der Waals surface area contributed by atoms with Crippen LogP contribution in [0.4, 0.5) is 0 Å². The molecule has 1 atom stereocenters. The third-order valence-electron chi connectivity index (χ3n) is 5.13. The maximum absolute atomic E-state index is 12.5. The van der Waals surface area contributed by atoms with Gasteiger partial charge in [0.05, 0.1) is 23.7 Å². The fourth-order valence-electron chi connectivity index (χ4n) is 3.31. The summed E-state index contributed by atoms with van der Waals surface area (Å²) in [5.74, 6) is 2.88. The predicted octanol–water partition coefficient (Wildman–Crippen LogP) is 4.02. The molecule has 156 valence electrons. The average molecular weight is 408 g/mol. The molecule has 3 aromatic rings. The Kier molecular flexibility index (Phi) is 5.61. The summed E-state index contributed by atoms with van der Waals surface area (Å²) in [7, 11) is 0. The number of nitrogens with zero attached hydrogens (tertiary/aromatic N) is 1. The number of aryl methyl sites for hydroxylation is 2. The molecule has 0 saturated carbocycles. The second-order valence-corrected chi connectivity index (χ2v) is 7.31. The van der Waals surface area contributed by atoms with E-state index >= 15 is 0 Å². The lowest BCUT2D eigenvalue weighted by Crippen LogP contribution is -2.28. The van der Waals surface area contributed by atoms with Gasteiger partial charge < -0.3 is 24.1 Å². The first-order valence-electron chi connectivity index (χ1n) is 9.82. The number of ether oxygens (including phenoxy) is 3. The van der Waals surface area contributed by atoms with Crippen molar-refractivity contribution in [3.63, 3.8) is 0 Å². The summed E-state index contributed by atoms with van der Waals surface area (Å²) >= 11 is 0. The van der Waals surface area contributed by atoms with E-state index in [0.29, 0.717) is 18.8 Å². The van der Waals surface area contributed by atoms with Gasteiger partial charge in [0.2, 0.25) is 12.7 Å². The molecule has 7 heteroatoms. The quantitative estimate of drug-likeness (QED) is 0.636. The number of rotatable bonds is 7. The van der Waals surface area contributed by atoms with E-state index in [2.05, 4.69) is 10.5 Å². The van der Waals surface area contributed by atoms with Crippen LogP contribution in [-0.4, -0.2) is 17.9 Å². The lowest BCUT2D eigenvalue weighted by Gasteiger charge is -2.15. The Hall–Kier alpha value is -3.48. The highest BCUT2D eigenvalue weighted by Crippen LogP contribution is 2.34. The highest BCUT2D eigenvalue weighted by molar-refractivity contribution is 5.79. The molecule has 1 amide bonds. The molecule has 2 aromatic carbocycles. The Morgan fingerprint density at radius 3 is 2.63 bits per heavy atom. The lowest BCUT2D eigenvalue weighted by molar-refractivity contribution is -0.121. The first-order chi connectivity index (χ1) is 14.5. The first kappa shape index (κ1) is 19.8. The van der Waals surface area contributed by atoms with Crippen molar-refractivity contribution in [1.29, 1.82) is 0 Å². The number of amides is 1. The van der Waals surface area contributed by atoms with E-state index in [4.69, 9.17) is 18.7 Å². The van der Waals surface area contributed by atoms with Crippen molar-refractivity contribution in [2.45, 2.75) is 39.8 Å². The van der Waals surface area contributed by atoms with Crippen LogP contribution in [-0.2, 0) is 17.8 Å². The van der Waals surface area contributed by atoms with Gasteiger partial charge in [-0.3, -0.25) is 4.79 Å². The zero-order chi connectivity index (χ0) is 21.1. The Morgan fingerprint density at radius 2 is 1.90 bits per heavy atom. The van der Waals surface area contributed by atoms with Gasteiger partial charge in [0.1, 0.15) is 18.1 Å². The Labute approximate surface area is 174 Å². The summed E-state index contributed by atoms with van der Waals surface area (Å²) in [6.07, 6.45) is 0.291. The molecule has 2 heterocycles. The number of hydrogen-bond acceptors (Lipinski definition) is 6. The number of carbonyl (C=O) groups is 1. The van der Waals surface area contributed by atoms with E-state index in [-0.39, 0.29) is 18.7 Å². The van der Waals surface area contributed by atoms with Crippen molar-refractivity contribution in [2.75, 3.05) is 6.79 Å². The predicted molar refractivity (Wildman–Crippen MR) is 110 cm³/mol. The lowest BCUT2D eigenvalue weighted by atomic mass is 10.1. The third-order valence-corrected chi connectivity index (χ3v) is 5.13. The number of carbonyl (C=O) groups excluding carboxylic acids is 1. The monoisotopic (exact) mass is 408 g/mol. The minimum Gasteiger partial charge on any atom is -0.489 e. The number of aromatic nitrogens is 1. The van der Waals surface area contributed by atoms with Gasteiger partial charge in [-0.25, -0.2) is 0 Å². The smallest absolute Gasteiger partial charge is 0.231 e. The molecule has 1 unspecified atom stereocenters. The molecule has 1 N–H and O–H groups in total. The van der Waals surface area contributed by atoms with Gasteiger partial charge in [-0.1, -0.05) is 23.4 Å². The Morgan fingerprint density at radius 1 is 1.13 bits per heavy atom. The first-order valence-corrected chi connectivity index (χ1v) is 9.82. The average Bonchev–Trinajstić information content (AvgIpc) is 3.33. The summed E-state index contributed by atoms with van der Waals surface area (Å²) in [5.41, 5.74) is 3.67. The highest BCUT2D eigenvalue weighted by Gasteiger charge is 2.17. The Balaban J connectivity index is 1.30. The van der Waals surface area contributed by atoms with Gasteiger partial charge in [-0.15, -0.1) is 0 Å². The summed E-state index contributed by atoms with van der Waals surface area (Å²) in [4.78, 5) is 12.5. The highest BCUT2D eigenvalue weighted by atomic mass is 16.7. The number of fused-ring (bicyclic) bond motifs is 1. The number of hydrogen-bond donors (Lipinski definition) is 1. The maximum atomic E-state index is 12.5. The molecule has 1 aliphatic rings. The minimum absolute atomic E-state index is 0.0513. The van der Waals surface area contributed by atoms with Crippen molar-refractivity contribution in [3.05, 3.63) is 70.6 Å². The van der Waals surface area contributed by atoms with E-state index < -0.39 is 0 Å². The number of benzene rings is 2. The van der Waals surface area contributed by atoms with Gasteiger partial charge in [-0.05, 0) is 56.2 Å². The standard InChI is InChI=1S/C23H24N2O5/c1-14(18-6-9-21-22(11-18)29-13-28-21)24-23(26)10-17-4-7-19(8-5-17)27-12-20-15(2)25-30-16(20)3/h4-9,11,14H,10,12-13H2,1-3H3,(H,24,26). The fourth-order valence-corrected chi connectivity index (χ4v) is 3.31. The summed E-state index contributed by atoms with van der Waals surface area (Å²) in [6, 6.07) is 13.1. The SMILES string of the molecule is Cc1noc(C)c1COc1ccc(CC(=O)NC(C)c2ccc3c(c2)OCO3)cc1. The number of nitrogens with one attached hydrogen (secondary N) is 1. The van der Waals surface area contributed by atoms with E-state index in [0.717, 1.165) is 39.6 Å². The zero-order valence-electron chi connectivity index (χ0n) is 17.2. The van der Waals surface area contributed by atoms with Crippen molar-refractivity contribution < 1.29 is 23.5 Å². The van der Waals surface area contributed by atoms with Crippen LogP contribution in [0, 0.1) is 13.8 Å². The van der Waals surface area contributed by atoms with Gasteiger partial charge in [0, 0.05) is 0 Å². The fraction of sp³-hybridized carbons (Fsp3) is 0.304.